The van der Waals surface area contributed by atoms with Crippen molar-refractivity contribution in [1.82, 2.24) is 20.1 Å². The third-order valence-corrected chi connectivity index (χ3v) is 1.59. The molecule has 0 fully saturated rings. The molecule has 0 saturated heterocycles. The third kappa shape index (κ3) is 2.47. The molecule has 0 amide bonds. The molecule has 0 radical (unpaired) electrons. The predicted molar refractivity (Wildman–Crippen MR) is 47.5 cm³/mol. The van der Waals surface area contributed by atoms with E-state index in [9.17, 15) is 0 Å². The molecule has 1 aromatic rings. The second kappa shape index (κ2) is 4.66. The molecule has 0 aliphatic rings. The van der Waals surface area contributed by atoms with Crippen LogP contribution in [0.4, 0.5) is 0 Å². The van der Waals surface area contributed by atoms with E-state index >= 15 is 0 Å². The normalized spacial score (nSPS) is 11.2. The summed E-state index contributed by atoms with van der Waals surface area (Å²) in [6.07, 6.45) is 5.78. The van der Waals surface area contributed by atoms with Gasteiger partial charge in [-0.15, -0.1) is 10.2 Å². The lowest BCUT2D eigenvalue weighted by Gasteiger charge is -1.99. The SMILES string of the molecule is C/C=C/CNCc1nncn1C. The highest BCUT2D eigenvalue weighted by atomic mass is 15.3. The minimum atomic E-state index is 0.765. The lowest BCUT2D eigenvalue weighted by Crippen LogP contribution is -2.15. The van der Waals surface area contributed by atoms with Crippen LogP contribution in [0.5, 0.6) is 0 Å². The fourth-order valence-corrected chi connectivity index (χ4v) is 0.852. The van der Waals surface area contributed by atoms with Gasteiger partial charge >= 0.3 is 0 Å². The predicted octanol–water partition coefficient (Wildman–Crippen LogP) is 0.481. The molecular weight excluding hydrogens is 152 g/mol. The van der Waals surface area contributed by atoms with Gasteiger partial charge in [-0.05, 0) is 6.92 Å². The van der Waals surface area contributed by atoms with Crippen molar-refractivity contribution in [2.75, 3.05) is 6.54 Å². The summed E-state index contributed by atoms with van der Waals surface area (Å²) in [6.45, 7) is 3.65. The highest BCUT2D eigenvalue weighted by molar-refractivity contribution is 4.85. The molecule has 0 aliphatic carbocycles. The van der Waals surface area contributed by atoms with Gasteiger partial charge in [-0.1, -0.05) is 12.2 Å². The first-order valence-electron chi connectivity index (χ1n) is 3.99. The zero-order valence-corrected chi connectivity index (χ0v) is 7.49. The van der Waals surface area contributed by atoms with Crippen molar-refractivity contribution in [2.45, 2.75) is 13.5 Å². The molecule has 1 N–H and O–H groups in total. The summed E-state index contributed by atoms with van der Waals surface area (Å²) >= 11 is 0. The van der Waals surface area contributed by atoms with Crippen LogP contribution in [0.3, 0.4) is 0 Å². The molecule has 12 heavy (non-hydrogen) atoms. The number of nitrogens with zero attached hydrogens (tertiary/aromatic N) is 3. The van der Waals surface area contributed by atoms with E-state index in [0.29, 0.717) is 0 Å². The van der Waals surface area contributed by atoms with Crippen molar-refractivity contribution in [1.29, 1.82) is 0 Å². The van der Waals surface area contributed by atoms with Gasteiger partial charge in [0.25, 0.3) is 0 Å². The van der Waals surface area contributed by atoms with Crippen LogP contribution in [-0.4, -0.2) is 21.3 Å². The van der Waals surface area contributed by atoms with Crippen LogP contribution < -0.4 is 5.32 Å². The van der Waals surface area contributed by atoms with Crippen LogP contribution in [0.1, 0.15) is 12.7 Å². The Labute approximate surface area is 72.3 Å². The maximum absolute atomic E-state index is 3.94. The fourth-order valence-electron chi connectivity index (χ4n) is 0.852. The summed E-state index contributed by atoms with van der Waals surface area (Å²) in [5, 5.41) is 10.9. The molecule has 4 heteroatoms. The second-order valence-corrected chi connectivity index (χ2v) is 2.56. The molecule has 0 bridgehead atoms. The molecule has 0 aliphatic heterocycles. The summed E-state index contributed by atoms with van der Waals surface area (Å²) in [4.78, 5) is 0. The molecular formula is C8H14N4. The van der Waals surface area contributed by atoms with Gasteiger partial charge in [0.05, 0.1) is 6.54 Å². The van der Waals surface area contributed by atoms with Gasteiger partial charge in [0.2, 0.25) is 0 Å². The molecule has 1 aromatic heterocycles. The smallest absolute Gasteiger partial charge is 0.146 e. The van der Waals surface area contributed by atoms with E-state index in [-0.39, 0.29) is 0 Å². The number of hydrogen-bond donors (Lipinski definition) is 1. The number of aryl methyl sites for hydroxylation is 1. The first-order valence-corrected chi connectivity index (χ1v) is 3.99. The summed E-state index contributed by atoms with van der Waals surface area (Å²) in [5.41, 5.74) is 0. The first-order chi connectivity index (χ1) is 5.84. The molecule has 0 aromatic carbocycles. The quantitative estimate of drug-likeness (QED) is 0.522. The van der Waals surface area contributed by atoms with E-state index in [4.69, 9.17) is 0 Å². The summed E-state index contributed by atoms with van der Waals surface area (Å²) in [6, 6.07) is 0. The average molecular weight is 166 g/mol. The number of nitrogens with one attached hydrogen (secondary N) is 1. The Morgan fingerprint density at radius 2 is 2.50 bits per heavy atom. The number of aromatic nitrogens is 3. The summed E-state index contributed by atoms with van der Waals surface area (Å²) < 4.78 is 1.91. The van der Waals surface area contributed by atoms with Crippen LogP contribution in [0.2, 0.25) is 0 Å². The highest BCUT2D eigenvalue weighted by Crippen LogP contribution is 1.88. The van der Waals surface area contributed by atoms with Crippen molar-refractivity contribution < 1.29 is 0 Å². The molecule has 0 spiro atoms. The lowest BCUT2D eigenvalue weighted by atomic mass is 10.5. The summed E-state index contributed by atoms with van der Waals surface area (Å²) in [5.74, 6) is 0.958. The number of allylic oxidation sites excluding steroid dienone is 1. The molecule has 0 unspecified atom stereocenters. The van der Waals surface area contributed by atoms with Crippen LogP contribution in [0.25, 0.3) is 0 Å². The van der Waals surface area contributed by atoms with Crippen LogP contribution in [-0.2, 0) is 13.6 Å². The van der Waals surface area contributed by atoms with Gasteiger partial charge < -0.3 is 9.88 Å². The Morgan fingerprint density at radius 3 is 3.08 bits per heavy atom. The van der Waals surface area contributed by atoms with Gasteiger partial charge in [-0.25, -0.2) is 0 Å². The minimum Gasteiger partial charge on any atom is -0.320 e. The Bertz CT molecular complexity index is 251. The van der Waals surface area contributed by atoms with E-state index in [0.717, 1.165) is 18.9 Å². The van der Waals surface area contributed by atoms with Gasteiger partial charge in [-0.3, -0.25) is 0 Å². The maximum atomic E-state index is 3.94. The van der Waals surface area contributed by atoms with Crippen molar-refractivity contribution in [3.05, 3.63) is 24.3 Å². The average Bonchev–Trinajstić information content (AvgIpc) is 2.46. The first kappa shape index (κ1) is 8.93. The van der Waals surface area contributed by atoms with Crippen molar-refractivity contribution in [3.8, 4) is 0 Å². The fraction of sp³-hybridized carbons (Fsp3) is 0.500. The Kier molecular flexibility index (Phi) is 3.47. The van der Waals surface area contributed by atoms with Gasteiger partial charge in [0.1, 0.15) is 12.2 Å². The van der Waals surface area contributed by atoms with Crippen LogP contribution in [0, 0.1) is 0 Å². The highest BCUT2D eigenvalue weighted by Gasteiger charge is 1.96. The van der Waals surface area contributed by atoms with Gasteiger partial charge in [-0.2, -0.15) is 0 Å². The summed E-state index contributed by atoms with van der Waals surface area (Å²) in [7, 11) is 1.94. The van der Waals surface area contributed by atoms with E-state index < -0.39 is 0 Å². The number of rotatable bonds is 4. The monoisotopic (exact) mass is 166 g/mol. The largest absolute Gasteiger partial charge is 0.320 e. The van der Waals surface area contributed by atoms with Crippen LogP contribution >= 0.6 is 0 Å². The molecule has 1 rings (SSSR count). The Balaban J connectivity index is 2.28. The van der Waals surface area contributed by atoms with E-state index in [1.807, 2.05) is 24.6 Å². The van der Waals surface area contributed by atoms with Gasteiger partial charge in [0, 0.05) is 13.6 Å². The Hall–Kier alpha value is -1.16. The molecule has 0 saturated carbocycles. The standard InChI is InChI=1S/C8H14N4/c1-3-4-5-9-6-8-11-10-7-12(8)2/h3-4,7,9H,5-6H2,1-2H3/b4-3+. The molecule has 66 valence electrons. The second-order valence-electron chi connectivity index (χ2n) is 2.56. The number of hydrogen-bond acceptors (Lipinski definition) is 3. The zero-order valence-electron chi connectivity index (χ0n) is 7.49. The zero-order chi connectivity index (χ0) is 8.81. The third-order valence-electron chi connectivity index (χ3n) is 1.59. The van der Waals surface area contributed by atoms with Crippen molar-refractivity contribution >= 4 is 0 Å². The topological polar surface area (TPSA) is 42.7 Å². The van der Waals surface area contributed by atoms with E-state index in [2.05, 4.69) is 21.6 Å². The van der Waals surface area contributed by atoms with E-state index in [1.54, 1.807) is 6.33 Å². The van der Waals surface area contributed by atoms with Gasteiger partial charge in [0.15, 0.2) is 0 Å². The van der Waals surface area contributed by atoms with E-state index in [1.165, 1.54) is 0 Å². The van der Waals surface area contributed by atoms with Crippen molar-refractivity contribution in [2.24, 2.45) is 7.05 Å². The lowest BCUT2D eigenvalue weighted by molar-refractivity contribution is 0.678. The van der Waals surface area contributed by atoms with Crippen LogP contribution in [0.15, 0.2) is 18.5 Å². The Morgan fingerprint density at radius 1 is 1.67 bits per heavy atom. The maximum Gasteiger partial charge on any atom is 0.146 e. The van der Waals surface area contributed by atoms with Crippen molar-refractivity contribution in [3.63, 3.8) is 0 Å². The molecule has 0 atom stereocenters. The molecule has 1 heterocycles. The molecule has 4 nitrogen and oxygen atoms in total. The minimum absolute atomic E-state index is 0.765.